The quantitative estimate of drug-likeness (QED) is 0.865. The molecule has 1 aliphatic carbocycles. The molecule has 0 aliphatic heterocycles. The van der Waals surface area contributed by atoms with Gasteiger partial charge < -0.3 is 11.1 Å². The average Bonchev–Trinajstić information content (AvgIpc) is 2.27. The summed E-state index contributed by atoms with van der Waals surface area (Å²) in [5, 5.41) is 3.41. The van der Waals surface area contributed by atoms with Crippen molar-refractivity contribution in [2.24, 2.45) is 5.73 Å². The van der Waals surface area contributed by atoms with Gasteiger partial charge in [0.1, 0.15) is 11.6 Å². The maximum atomic E-state index is 13.0. The summed E-state index contributed by atoms with van der Waals surface area (Å²) in [6.07, 6.45) is 5.05. The molecule has 4 heteroatoms. The predicted octanol–water partition coefficient (Wildman–Crippen LogP) is 2.37. The summed E-state index contributed by atoms with van der Waals surface area (Å²) in [6.45, 7) is 0.736. The number of nitrogens with two attached hydrogens (primary N) is 1. The van der Waals surface area contributed by atoms with Crippen molar-refractivity contribution < 1.29 is 8.78 Å². The van der Waals surface area contributed by atoms with E-state index in [4.69, 9.17) is 5.73 Å². The summed E-state index contributed by atoms with van der Waals surface area (Å²) >= 11 is 0. The Hall–Kier alpha value is -1.00. The number of rotatable bonds is 4. The third-order valence-corrected chi connectivity index (χ3v) is 3.48. The van der Waals surface area contributed by atoms with Crippen LogP contribution in [0.15, 0.2) is 18.2 Å². The second-order valence-corrected chi connectivity index (χ2v) is 5.11. The lowest BCUT2D eigenvalue weighted by Crippen LogP contribution is -2.40. The molecule has 1 aromatic carbocycles. The molecule has 2 nitrogen and oxygen atoms in total. The summed E-state index contributed by atoms with van der Waals surface area (Å²) in [6, 6.07) is 4.42. The van der Waals surface area contributed by atoms with Crippen LogP contribution in [-0.4, -0.2) is 18.6 Å². The molecule has 0 aromatic heterocycles. The molecule has 1 saturated carbocycles. The van der Waals surface area contributed by atoms with Gasteiger partial charge in [-0.25, -0.2) is 8.78 Å². The highest BCUT2D eigenvalue weighted by Gasteiger charge is 2.18. The van der Waals surface area contributed by atoms with E-state index in [1.807, 2.05) is 0 Å². The zero-order valence-corrected chi connectivity index (χ0v) is 10.5. The van der Waals surface area contributed by atoms with E-state index in [0.717, 1.165) is 38.3 Å². The van der Waals surface area contributed by atoms with Crippen molar-refractivity contribution in [3.8, 4) is 0 Å². The molecular weight excluding hydrogens is 234 g/mol. The van der Waals surface area contributed by atoms with Crippen LogP contribution < -0.4 is 11.1 Å². The van der Waals surface area contributed by atoms with Crippen molar-refractivity contribution in [3.05, 3.63) is 35.4 Å². The van der Waals surface area contributed by atoms with Crippen molar-refractivity contribution in [3.63, 3.8) is 0 Å². The number of benzene rings is 1. The molecule has 1 aliphatic rings. The van der Waals surface area contributed by atoms with Gasteiger partial charge in [0.05, 0.1) is 0 Å². The van der Waals surface area contributed by atoms with Crippen molar-refractivity contribution >= 4 is 0 Å². The fourth-order valence-electron chi connectivity index (χ4n) is 2.59. The van der Waals surface area contributed by atoms with Crippen LogP contribution in [0.1, 0.15) is 31.2 Å². The molecule has 2 atom stereocenters. The second-order valence-electron chi connectivity index (χ2n) is 5.11. The summed E-state index contributed by atoms with van der Waals surface area (Å²) in [7, 11) is 0. The lowest BCUT2D eigenvalue weighted by atomic mass is 9.91. The Morgan fingerprint density at radius 3 is 2.56 bits per heavy atom. The molecule has 0 spiro atoms. The third kappa shape index (κ3) is 4.03. The first kappa shape index (κ1) is 13.4. The van der Waals surface area contributed by atoms with E-state index in [1.165, 1.54) is 12.1 Å². The number of halogens is 2. The molecule has 0 radical (unpaired) electrons. The largest absolute Gasteiger partial charge is 0.328 e. The molecule has 0 saturated heterocycles. The minimum Gasteiger partial charge on any atom is -0.328 e. The van der Waals surface area contributed by atoms with E-state index in [2.05, 4.69) is 5.32 Å². The lowest BCUT2D eigenvalue weighted by molar-refractivity contribution is 0.341. The van der Waals surface area contributed by atoms with Crippen LogP contribution in [0.2, 0.25) is 0 Å². The van der Waals surface area contributed by atoms with E-state index in [9.17, 15) is 8.78 Å². The molecule has 100 valence electrons. The summed E-state index contributed by atoms with van der Waals surface area (Å²) in [5.41, 5.74) is 6.60. The SMILES string of the molecule is NC1CCCC(NCCc2cc(F)cc(F)c2)C1. The van der Waals surface area contributed by atoms with Crippen LogP contribution in [0.5, 0.6) is 0 Å². The van der Waals surface area contributed by atoms with Gasteiger partial charge in [0.25, 0.3) is 0 Å². The Kier molecular flexibility index (Phi) is 4.66. The van der Waals surface area contributed by atoms with E-state index < -0.39 is 11.6 Å². The van der Waals surface area contributed by atoms with Crippen LogP contribution in [0.25, 0.3) is 0 Å². The summed E-state index contributed by atoms with van der Waals surface area (Å²) < 4.78 is 26.0. The van der Waals surface area contributed by atoms with Crippen LogP contribution >= 0.6 is 0 Å². The molecule has 2 rings (SSSR count). The van der Waals surface area contributed by atoms with Crippen molar-refractivity contribution in [1.82, 2.24) is 5.32 Å². The van der Waals surface area contributed by atoms with Gasteiger partial charge in [-0.3, -0.25) is 0 Å². The molecule has 0 amide bonds. The zero-order valence-electron chi connectivity index (χ0n) is 10.5. The number of hydrogen-bond donors (Lipinski definition) is 2. The van der Waals surface area contributed by atoms with Gasteiger partial charge in [0.15, 0.2) is 0 Å². The lowest BCUT2D eigenvalue weighted by Gasteiger charge is -2.27. The molecule has 1 fully saturated rings. The number of hydrogen-bond acceptors (Lipinski definition) is 2. The van der Waals surface area contributed by atoms with Gasteiger partial charge in [-0.2, -0.15) is 0 Å². The molecule has 0 bridgehead atoms. The zero-order chi connectivity index (χ0) is 13.0. The molecule has 3 N–H and O–H groups in total. The maximum Gasteiger partial charge on any atom is 0.126 e. The Morgan fingerprint density at radius 1 is 1.17 bits per heavy atom. The highest BCUT2D eigenvalue weighted by molar-refractivity contribution is 5.18. The minimum absolute atomic E-state index is 0.294. The monoisotopic (exact) mass is 254 g/mol. The van der Waals surface area contributed by atoms with Gasteiger partial charge in [0, 0.05) is 18.2 Å². The van der Waals surface area contributed by atoms with E-state index in [-0.39, 0.29) is 0 Å². The second kappa shape index (κ2) is 6.25. The standard InChI is InChI=1S/C14H20F2N2/c15-11-6-10(7-12(16)8-11)4-5-18-14-3-1-2-13(17)9-14/h6-8,13-14,18H,1-5,9,17H2. The third-order valence-electron chi connectivity index (χ3n) is 3.48. The van der Waals surface area contributed by atoms with E-state index in [1.54, 1.807) is 0 Å². The van der Waals surface area contributed by atoms with Gasteiger partial charge in [-0.05, 0) is 49.9 Å². The normalized spacial score (nSPS) is 24.2. The number of nitrogens with one attached hydrogen (secondary N) is 1. The first-order chi connectivity index (χ1) is 8.63. The Morgan fingerprint density at radius 2 is 1.89 bits per heavy atom. The molecule has 2 unspecified atom stereocenters. The van der Waals surface area contributed by atoms with Gasteiger partial charge in [0.2, 0.25) is 0 Å². The Bertz CT molecular complexity index is 375. The van der Waals surface area contributed by atoms with Gasteiger partial charge in [-0.1, -0.05) is 6.42 Å². The van der Waals surface area contributed by atoms with Crippen LogP contribution in [0.4, 0.5) is 8.78 Å². The maximum absolute atomic E-state index is 13.0. The van der Waals surface area contributed by atoms with Crippen LogP contribution in [-0.2, 0) is 6.42 Å². The molecule has 0 heterocycles. The topological polar surface area (TPSA) is 38.0 Å². The minimum atomic E-state index is -0.510. The Labute approximate surface area is 107 Å². The highest BCUT2D eigenvalue weighted by atomic mass is 19.1. The van der Waals surface area contributed by atoms with Crippen molar-refractivity contribution in [2.45, 2.75) is 44.2 Å². The summed E-state index contributed by atoms with van der Waals surface area (Å²) in [5.74, 6) is -1.02. The van der Waals surface area contributed by atoms with Crippen LogP contribution in [0, 0.1) is 11.6 Å². The van der Waals surface area contributed by atoms with E-state index in [0.29, 0.717) is 24.1 Å². The predicted molar refractivity (Wildman–Crippen MR) is 68.3 cm³/mol. The average molecular weight is 254 g/mol. The van der Waals surface area contributed by atoms with Gasteiger partial charge >= 0.3 is 0 Å². The van der Waals surface area contributed by atoms with E-state index >= 15 is 0 Å². The molecular formula is C14H20F2N2. The van der Waals surface area contributed by atoms with Gasteiger partial charge in [-0.15, -0.1) is 0 Å². The smallest absolute Gasteiger partial charge is 0.126 e. The molecule has 1 aromatic rings. The van der Waals surface area contributed by atoms with Crippen LogP contribution in [0.3, 0.4) is 0 Å². The van der Waals surface area contributed by atoms with Crippen molar-refractivity contribution in [2.75, 3.05) is 6.54 Å². The fraction of sp³-hybridized carbons (Fsp3) is 0.571. The highest BCUT2D eigenvalue weighted by Crippen LogP contribution is 2.17. The first-order valence-electron chi connectivity index (χ1n) is 6.57. The molecule has 18 heavy (non-hydrogen) atoms. The first-order valence-corrected chi connectivity index (χ1v) is 6.57. The summed E-state index contributed by atoms with van der Waals surface area (Å²) in [4.78, 5) is 0. The Balaban J connectivity index is 1.77. The fourth-order valence-corrected chi connectivity index (χ4v) is 2.59. The van der Waals surface area contributed by atoms with Crippen molar-refractivity contribution in [1.29, 1.82) is 0 Å².